The molecule has 0 amide bonds. The molecule has 1 heterocycles. The quantitative estimate of drug-likeness (QED) is 0.816. The van der Waals surface area contributed by atoms with E-state index in [-0.39, 0.29) is 17.3 Å². The molecule has 2 rings (SSSR count). The van der Waals surface area contributed by atoms with Crippen LogP contribution in [0, 0.1) is 0 Å². The topological polar surface area (TPSA) is 18.5 Å². The number of halogens is 1. The predicted molar refractivity (Wildman–Crippen MR) is 72.4 cm³/mol. The van der Waals surface area contributed by atoms with Crippen LogP contribution in [0.2, 0.25) is 0 Å². The first-order chi connectivity index (χ1) is 7.80. The Hall–Kier alpha value is -0.540. The van der Waals surface area contributed by atoms with E-state index in [0.29, 0.717) is 0 Å². The van der Waals surface area contributed by atoms with Crippen molar-refractivity contribution in [1.29, 1.82) is 0 Å². The molecule has 1 unspecified atom stereocenters. The molecule has 1 atom stereocenters. The highest BCUT2D eigenvalue weighted by Crippen LogP contribution is 2.40. The molecule has 0 radical (unpaired) electrons. The molecule has 0 aromatic heterocycles. The minimum absolute atomic E-state index is 0.0798. The average molecular weight is 299 g/mol. The van der Waals surface area contributed by atoms with Gasteiger partial charge in [-0.25, -0.2) is 0 Å². The summed E-state index contributed by atoms with van der Waals surface area (Å²) in [4.78, 5) is 0. The van der Waals surface area contributed by atoms with E-state index in [4.69, 9.17) is 9.47 Å². The van der Waals surface area contributed by atoms with Crippen LogP contribution >= 0.6 is 15.9 Å². The Morgan fingerprint density at radius 1 is 1.24 bits per heavy atom. The maximum atomic E-state index is 6.09. The summed E-state index contributed by atoms with van der Waals surface area (Å²) in [6, 6.07) is 7.93. The van der Waals surface area contributed by atoms with Crippen LogP contribution in [0.1, 0.15) is 34.1 Å². The maximum absolute atomic E-state index is 6.09. The molecule has 1 saturated heterocycles. The van der Waals surface area contributed by atoms with Gasteiger partial charge in [0.2, 0.25) is 0 Å². The fourth-order valence-electron chi connectivity index (χ4n) is 2.39. The second-order valence-electron chi connectivity index (χ2n) is 5.71. The first-order valence-corrected chi connectivity index (χ1v) is 6.71. The molecule has 1 fully saturated rings. The van der Waals surface area contributed by atoms with E-state index >= 15 is 0 Å². The summed E-state index contributed by atoms with van der Waals surface area (Å²) < 4.78 is 13.1. The highest BCUT2D eigenvalue weighted by molar-refractivity contribution is 9.10. The van der Waals surface area contributed by atoms with Crippen molar-refractivity contribution in [2.45, 2.75) is 51.4 Å². The monoisotopic (exact) mass is 298 g/mol. The summed E-state index contributed by atoms with van der Waals surface area (Å²) in [5.74, 6) is 0.881. The Balaban J connectivity index is 2.17. The minimum atomic E-state index is -0.251. The molecule has 0 saturated carbocycles. The molecule has 3 heteroatoms. The zero-order valence-electron chi connectivity index (χ0n) is 10.8. The van der Waals surface area contributed by atoms with Gasteiger partial charge in [0.1, 0.15) is 17.5 Å². The number of rotatable bonds is 2. The first kappa shape index (κ1) is 12.9. The second-order valence-corrected chi connectivity index (χ2v) is 6.56. The van der Waals surface area contributed by atoms with Crippen LogP contribution in [0.4, 0.5) is 0 Å². The lowest BCUT2D eigenvalue weighted by Crippen LogP contribution is -2.36. The van der Waals surface area contributed by atoms with Crippen LogP contribution in [0.25, 0.3) is 0 Å². The molecule has 1 aromatic rings. The van der Waals surface area contributed by atoms with Crippen molar-refractivity contribution >= 4 is 15.9 Å². The van der Waals surface area contributed by atoms with E-state index in [1.807, 2.05) is 24.3 Å². The molecule has 94 valence electrons. The van der Waals surface area contributed by atoms with Gasteiger partial charge in [0.25, 0.3) is 0 Å². The number of ether oxygens (including phenoxy) is 2. The van der Waals surface area contributed by atoms with Gasteiger partial charge in [-0.2, -0.15) is 0 Å². The Labute approximate surface area is 111 Å². The standard InChI is InChI=1S/C14H19BrO2/c1-13(2)9-12(14(3,4)17-13)16-11-8-6-5-7-10(11)15/h5-8,12H,9H2,1-4H3. The molecule has 1 aromatic carbocycles. The normalized spacial score (nSPS) is 25.8. The van der Waals surface area contributed by atoms with Crippen LogP contribution < -0.4 is 4.74 Å². The van der Waals surface area contributed by atoms with E-state index in [2.05, 4.69) is 43.6 Å². The van der Waals surface area contributed by atoms with E-state index in [0.717, 1.165) is 16.6 Å². The van der Waals surface area contributed by atoms with Crippen molar-refractivity contribution in [3.05, 3.63) is 28.7 Å². The van der Waals surface area contributed by atoms with E-state index in [1.54, 1.807) is 0 Å². The summed E-state index contributed by atoms with van der Waals surface area (Å²) in [7, 11) is 0. The Bertz CT molecular complexity index is 412. The number of hydrogen-bond acceptors (Lipinski definition) is 2. The Morgan fingerprint density at radius 2 is 1.88 bits per heavy atom. The van der Waals surface area contributed by atoms with Gasteiger partial charge in [-0.1, -0.05) is 12.1 Å². The highest BCUT2D eigenvalue weighted by Gasteiger charge is 2.47. The minimum Gasteiger partial charge on any atom is -0.486 e. The van der Waals surface area contributed by atoms with Gasteiger partial charge in [0, 0.05) is 6.42 Å². The number of para-hydroxylation sites is 1. The average Bonchev–Trinajstić information content (AvgIpc) is 2.38. The third kappa shape index (κ3) is 2.83. The van der Waals surface area contributed by atoms with Crippen molar-refractivity contribution < 1.29 is 9.47 Å². The Kier molecular flexibility index (Phi) is 3.25. The summed E-state index contributed by atoms with van der Waals surface area (Å²) in [6.45, 7) is 8.39. The molecule has 0 bridgehead atoms. The van der Waals surface area contributed by atoms with Crippen LogP contribution in [-0.4, -0.2) is 17.3 Å². The zero-order chi connectivity index (χ0) is 12.7. The summed E-state index contributed by atoms with van der Waals surface area (Å²) in [5, 5.41) is 0. The molecule has 1 aliphatic rings. The van der Waals surface area contributed by atoms with Crippen LogP contribution in [-0.2, 0) is 4.74 Å². The zero-order valence-corrected chi connectivity index (χ0v) is 12.4. The van der Waals surface area contributed by atoms with Gasteiger partial charge < -0.3 is 9.47 Å². The van der Waals surface area contributed by atoms with Crippen molar-refractivity contribution in [2.75, 3.05) is 0 Å². The Morgan fingerprint density at radius 3 is 2.41 bits per heavy atom. The van der Waals surface area contributed by atoms with Crippen molar-refractivity contribution in [1.82, 2.24) is 0 Å². The summed E-state index contributed by atoms with van der Waals surface area (Å²) >= 11 is 3.50. The van der Waals surface area contributed by atoms with Gasteiger partial charge in [-0.3, -0.25) is 0 Å². The first-order valence-electron chi connectivity index (χ1n) is 5.91. The lowest BCUT2D eigenvalue weighted by Gasteiger charge is -2.27. The van der Waals surface area contributed by atoms with E-state index in [1.165, 1.54) is 0 Å². The molecule has 2 nitrogen and oxygen atoms in total. The lowest BCUT2D eigenvalue weighted by molar-refractivity contribution is -0.0846. The highest BCUT2D eigenvalue weighted by atomic mass is 79.9. The van der Waals surface area contributed by atoms with Gasteiger partial charge in [0.05, 0.1) is 10.1 Å². The maximum Gasteiger partial charge on any atom is 0.134 e. The summed E-state index contributed by atoms with van der Waals surface area (Å²) in [6.07, 6.45) is 0.984. The van der Waals surface area contributed by atoms with Crippen molar-refractivity contribution in [3.8, 4) is 5.75 Å². The van der Waals surface area contributed by atoms with Crippen LogP contribution in [0.3, 0.4) is 0 Å². The largest absolute Gasteiger partial charge is 0.486 e. The molecule has 0 aliphatic carbocycles. The molecule has 17 heavy (non-hydrogen) atoms. The number of hydrogen-bond donors (Lipinski definition) is 0. The third-order valence-electron chi connectivity index (χ3n) is 3.10. The molecule has 1 aliphatic heterocycles. The summed E-state index contributed by atoms with van der Waals surface area (Å²) in [5.41, 5.74) is -0.367. The van der Waals surface area contributed by atoms with E-state index < -0.39 is 0 Å². The van der Waals surface area contributed by atoms with Crippen molar-refractivity contribution in [3.63, 3.8) is 0 Å². The third-order valence-corrected chi connectivity index (χ3v) is 3.75. The van der Waals surface area contributed by atoms with Gasteiger partial charge in [-0.15, -0.1) is 0 Å². The second kappa shape index (κ2) is 4.29. The number of benzene rings is 1. The molecular weight excluding hydrogens is 280 g/mol. The van der Waals surface area contributed by atoms with Gasteiger partial charge in [-0.05, 0) is 55.8 Å². The fourth-order valence-corrected chi connectivity index (χ4v) is 2.77. The van der Waals surface area contributed by atoms with Crippen LogP contribution in [0.5, 0.6) is 5.75 Å². The van der Waals surface area contributed by atoms with Crippen LogP contribution in [0.15, 0.2) is 28.7 Å². The smallest absolute Gasteiger partial charge is 0.134 e. The van der Waals surface area contributed by atoms with Gasteiger partial charge >= 0.3 is 0 Å². The SMILES string of the molecule is CC1(C)CC(Oc2ccccc2Br)C(C)(C)O1. The van der Waals surface area contributed by atoms with Gasteiger partial charge in [0.15, 0.2) is 0 Å². The van der Waals surface area contributed by atoms with Crippen molar-refractivity contribution in [2.24, 2.45) is 0 Å². The molecule has 0 spiro atoms. The molecular formula is C14H19BrO2. The lowest BCUT2D eigenvalue weighted by atomic mass is 9.97. The predicted octanol–water partition coefficient (Wildman–Crippen LogP) is 4.17. The molecule has 0 N–H and O–H groups in total. The fraction of sp³-hybridized carbons (Fsp3) is 0.571. The van der Waals surface area contributed by atoms with E-state index in [9.17, 15) is 0 Å².